The molecule has 6 rings (SSSR count). The number of carbonyl (C=O) groups is 2. The fourth-order valence-corrected chi connectivity index (χ4v) is 5.04. The van der Waals surface area contributed by atoms with Crippen LogP contribution in [-0.2, 0) is 6.54 Å². The van der Waals surface area contributed by atoms with Gasteiger partial charge in [0.25, 0.3) is 11.8 Å². The zero-order chi connectivity index (χ0) is 23.8. The number of amides is 2. The highest BCUT2D eigenvalue weighted by Crippen LogP contribution is 2.25. The Kier molecular flexibility index (Phi) is 5.20. The lowest BCUT2D eigenvalue weighted by Gasteiger charge is -2.04. The molecule has 2 amide bonds. The lowest BCUT2D eigenvalue weighted by Crippen LogP contribution is -2.22. The van der Waals surface area contributed by atoms with Gasteiger partial charge in [0.2, 0.25) is 5.95 Å². The quantitative estimate of drug-likeness (QED) is 0.305. The van der Waals surface area contributed by atoms with Crippen LogP contribution < -0.4 is 10.6 Å². The summed E-state index contributed by atoms with van der Waals surface area (Å²) < 4.78 is 1.19. The molecule has 0 atom stereocenters. The maximum atomic E-state index is 13.0. The van der Waals surface area contributed by atoms with Crippen molar-refractivity contribution >= 4 is 61.0 Å². The lowest BCUT2D eigenvalue weighted by atomic mass is 10.1. The van der Waals surface area contributed by atoms with E-state index in [9.17, 15) is 9.59 Å². The summed E-state index contributed by atoms with van der Waals surface area (Å²) in [6, 6.07) is 25.0. The number of pyridine rings is 1. The number of aromatic amines is 1. The van der Waals surface area contributed by atoms with Gasteiger partial charge in [-0.3, -0.25) is 19.9 Å². The molecule has 3 heterocycles. The first kappa shape index (κ1) is 21.0. The van der Waals surface area contributed by atoms with Gasteiger partial charge in [0.1, 0.15) is 11.2 Å². The number of nitrogens with zero attached hydrogens (tertiary/aromatic N) is 2. The molecule has 0 aliphatic carbocycles. The highest BCUT2D eigenvalue weighted by atomic mass is 32.1. The second-order valence-electron chi connectivity index (χ2n) is 8.09. The number of nitrogens with one attached hydrogen (secondary N) is 3. The molecule has 3 aromatic carbocycles. The Morgan fingerprint density at radius 3 is 2.51 bits per heavy atom. The third-order valence-electron chi connectivity index (χ3n) is 5.75. The molecule has 0 radical (unpaired) electrons. The number of thiophene rings is 1. The summed E-state index contributed by atoms with van der Waals surface area (Å²) in [7, 11) is 0. The average Bonchev–Trinajstić information content (AvgIpc) is 3.50. The molecule has 0 saturated heterocycles. The first-order chi connectivity index (χ1) is 17.1. The number of rotatable bonds is 5. The normalized spacial score (nSPS) is 11.2. The van der Waals surface area contributed by atoms with E-state index in [1.807, 2.05) is 42.5 Å². The molecule has 3 aromatic heterocycles. The van der Waals surface area contributed by atoms with Crippen molar-refractivity contribution in [2.75, 3.05) is 5.32 Å². The van der Waals surface area contributed by atoms with E-state index in [1.165, 1.54) is 4.70 Å². The van der Waals surface area contributed by atoms with E-state index in [2.05, 4.69) is 43.8 Å². The average molecular weight is 478 g/mol. The summed E-state index contributed by atoms with van der Waals surface area (Å²) in [6.45, 7) is 0.427. The molecule has 0 spiro atoms. The molecule has 0 aliphatic rings. The highest BCUT2D eigenvalue weighted by molar-refractivity contribution is 7.19. The maximum absolute atomic E-state index is 13.0. The van der Waals surface area contributed by atoms with Crippen LogP contribution in [0.5, 0.6) is 0 Å². The van der Waals surface area contributed by atoms with Gasteiger partial charge in [0, 0.05) is 21.2 Å². The Morgan fingerprint density at radius 1 is 0.857 bits per heavy atom. The standard InChI is InChI=1S/C27H19N5O2S/c33-25(29-15-19-12-17-7-3-4-11-23(17)35-19)20-9-5-10-21-24(20)31-27(30-21)32-26(34)22-13-16-6-1-2-8-18(16)14-28-22/h1-14H,15H2,(H,29,33)(H2,30,31,32,34). The van der Waals surface area contributed by atoms with E-state index in [1.54, 1.807) is 35.7 Å². The summed E-state index contributed by atoms with van der Waals surface area (Å²) in [5.74, 6) is -0.357. The number of benzene rings is 3. The Bertz CT molecular complexity index is 1700. The summed E-state index contributed by atoms with van der Waals surface area (Å²) in [5, 5.41) is 8.78. The minimum absolute atomic E-state index is 0.228. The van der Waals surface area contributed by atoms with Gasteiger partial charge >= 0.3 is 0 Å². The van der Waals surface area contributed by atoms with E-state index in [-0.39, 0.29) is 23.5 Å². The smallest absolute Gasteiger partial charge is 0.276 e. The van der Waals surface area contributed by atoms with Gasteiger partial charge in [-0.25, -0.2) is 4.98 Å². The van der Waals surface area contributed by atoms with Gasteiger partial charge in [-0.15, -0.1) is 11.3 Å². The number of imidazole rings is 1. The number of anilines is 1. The van der Waals surface area contributed by atoms with Crippen LogP contribution in [0.4, 0.5) is 5.95 Å². The van der Waals surface area contributed by atoms with Crippen LogP contribution in [0, 0.1) is 0 Å². The maximum Gasteiger partial charge on any atom is 0.276 e. The molecule has 0 unspecified atom stereocenters. The first-order valence-corrected chi connectivity index (χ1v) is 11.9. The first-order valence-electron chi connectivity index (χ1n) is 11.0. The SMILES string of the molecule is O=C(Nc1nc2c(C(=O)NCc3cc4ccccc4s3)cccc2[nH]1)c1cc2ccccc2cn1. The predicted molar refractivity (Wildman–Crippen MR) is 139 cm³/mol. The summed E-state index contributed by atoms with van der Waals surface area (Å²) in [5.41, 5.74) is 1.86. The molecular weight excluding hydrogens is 458 g/mol. The van der Waals surface area contributed by atoms with Crippen molar-refractivity contribution < 1.29 is 9.59 Å². The number of aromatic nitrogens is 3. The molecule has 0 saturated carbocycles. The van der Waals surface area contributed by atoms with Crippen LogP contribution in [0.3, 0.4) is 0 Å². The Balaban J connectivity index is 1.21. The van der Waals surface area contributed by atoms with Crippen LogP contribution in [0.1, 0.15) is 25.7 Å². The van der Waals surface area contributed by atoms with Gasteiger partial charge in [0.15, 0.2) is 0 Å². The van der Waals surface area contributed by atoms with Crippen molar-refractivity contribution in [3.63, 3.8) is 0 Å². The zero-order valence-electron chi connectivity index (χ0n) is 18.4. The van der Waals surface area contributed by atoms with Crippen molar-refractivity contribution in [1.82, 2.24) is 20.3 Å². The zero-order valence-corrected chi connectivity index (χ0v) is 19.2. The summed E-state index contributed by atoms with van der Waals surface area (Å²) in [6.07, 6.45) is 1.67. The predicted octanol–water partition coefficient (Wildman–Crippen LogP) is 5.51. The Labute approximate surface area is 203 Å². The van der Waals surface area contributed by atoms with Crippen LogP contribution in [0.25, 0.3) is 31.9 Å². The molecule has 6 aromatic rings. The molecule has 0 bridgehead atoms. The monoisotopic (exact) mass is 477 g/mol. The second-order valence-corrected chi connectivity index (χ2v) is 9.26. The Hall–Kier alpha value is -4.56. The molecule has 0 fully saturated rings. The van der Waals surface area contributed by atoms with Crippen LogP contribution in [0.2, 0.25) is 0 Å². The van der Waals surface area contributed by atoms with Gasteiger partial charge in [-0.05, 0) is 41.1 Å². The molecule has 170 valence electrons. The number of carbonyl (C=O) groups excluding carboxylic acids is 2. The van der Waals surface area contributed by atoms with E-state index >= 15 is 0 Å². The third kappa shape index (κ3) is 4.11. The van der Waals surface area contributed by atoms with E-state index in [4.69, 9.17) is 0 Å². The number of H-pyrrole nitrogens is 1. The van der Waals surface area contributed by atoms with Crippen molar-refractivity contribution in [1.29, 1.82) is 0 Å². The molecule has 7 nitrogen and oxygen atoms in total. The Morgan fingerprint density at radius 2 is 1.66 bits per heavy atom. The topological polar surface area (TPSA) is 99.8 Å². The molecule has 3 N–H and O–H groups in total. The van der Waals surface area contributed by atoms with Crippen molar-refractivity contribution in [2.24, 2.45) is 0 Å². The molecule has 35 heavy (non-hydrogen) atoms. The van der Waals surface area contributed by atoms with Crippen molar-refractivity contribution in [3.8, 4) is 0 Å². The van der Waals surface area contributed by atoms with Gasteiger partial charge in [-0.2, -0.15) is 0 Å². The van der Waals surface area contributed by atoms with Crippen LogP contribution >= 0.6 is 11.3 Å². The fraction of sp³-hybridized carbons (Fsp3) is 0.0370. The lowest BCUT2D eigenvalue weighted by molar-refractivity contribution is 0.0952. The van der Waals surface area contributed by atoms with E-state index in [0.29, 0.717) is 23.1 Å². The summed E-state index contributed by atoms with van der Waals surface area (Å²) >= 11 is 1.66. The molecule has 0 aliphatic heterocycles. The van der Waals surface area contributed by atoms with Crippen LogP contribution in [0.15, 0.2) is 85.1 Å². The third-order valence-corrected chi connectivity index (χ3v) is 6.87. The second kappa shape index (κ2) is 8.66. The molecular formula is C27H19N5O2S. The van der Waals surface area contributed by atoms with Gasteiger partial charge in [0.05, 0.1) is 17.6 Å². The minimum atomic E-state index is -0.384. The largest absolute Gasteiger partial charge is 0.347 e. The van der Waals surface area contributed by atoms with Crippen LogP contribution in [-0.4, -0.2) is 26.8 Å². The van der Waals surface area contributed by atoms with E-state index in [0.717, 1.165) is 21.0 Å². The number of hydrogen-bond acceptors (Lipinski definition) is 5. The number of para-hydroxylation sites is 1. The number of hydrogen-bond donors (Lipinski definition) is 3. The fourth-order valence-electron chi connectivity index (χ4n) is 4.04. The van der Waals surface area contributed by atoms with E-state index < -0.39 is 0 Å². The van der Waals surface area contributed by atoms with Gasteiger partial charge in [-0.1, -0.05) is 48.5 Å². The number of fused-ring (bicyclic) bond motifs is 3. The minimum Gasteiger partial charge on any atom is -0.347 e. The summed E-state index contributed by atoms with van der Waals surface area (Å²) in [4.78, 5) is 38.6. The van der Waals surface area contributed by atoms with Crippen molar-refractivity contribution in [3.05, 3.63) is 101 Å². The molecule has 8 heteroatoms. The van der Waals surface area contributed by atoms with Crippen molar-refractivity contribution in [2.45, 2.75) is 6.54 Å². The highest BCUT2D eigenvalue weighted by Gasteiger charge is 2.16. The van der Waals surface area contributed by atoms with Gasteiger partial charge < -0.3 is 10.3 Å².